The van der Waals surface area contributed by atoms with Gasteiger partial charge in [-0.2, -0.15) is 0 Å². The number of hydrogen-bond donors (Lipinski definition) is 0. The Kier molecular flexibility index (Phi) is 8.11. The number of amides is 2. The molecule has 0 heterocycles. The molecule has 0 aliphatic rings. The summed E-state index contributed by atoms with van der Waals surface area (Å²) in [5, 5.41) is 0. The van der Waals surface area contributed by atoms with Crippen molar-refractivity contribution in [1.82, 2.24) is 9.80 Å². The van der Waals surface area contributed by atoms with Gasteiger partial charge in [0.2, 0.25) is 0 Å². The molecule has 1 atom stereocenters. The third-order valence-electron chi connectivity index (χ3n) is 2.52. The predicted octanol–water partition coefficient (Wildman–Crippen LogP) is 1.04. The van der Waals surface area contributed by atoms with Crippen molar-refractivity contribution in [3.05, 3.63) is 12.2 Å². The molecule has 0 aliphatic carbocycles. The Morgan fingerprint density at radius 3 is 2.00 bits per heavy atom. The predicted molar refractivity (Wildman–Crippen MR) is 77.6 cm³/mol. The van der Waals surface area contributed by atoms with Crippen molar-refractivity contribution in [2.45, 2.75) is 32.9 Å². The molecule has 0 aromatic carbocycles. The fraction of sp³-hybridized carbons (Fsp3) is 0.643. The fourth-order valence-corrected chi connectivity index (χ4v) is 1.27. The summed E-state index contributed by atoms with van der Waals surface area (Å²) in [5.41, 5.74) is 0. The molecular formula is C14H24N2O5. The number of nitrogens with zero attached hydrogens (tertiary/aromatic N) is 2. The highest BCUT2D eigenvalue weighted by Crippen LogP contribution is 2.01. The largest absolute Gasteiger partial charge is 0.460 e. The molecule has 0 unspecified atom stereocenters. The first-order valence-electron chi connectivity index (χ1n) is 6.64. The summed E-state index contributed by atoms with van der Waals surface area (Å²) >= 11 is 0. The minimum atomic E-state index is -0.659. The lowest BCUT2D eigenvalue weighted by molar-refractivity contribution is -0.143. The lowest BCUT2D eigenvalue weighted by Crippen LogP contribution is -2.43. The van der Waals surface area contributed by atoms with Gasteiger partial charge < -0.3 is 19.3 Å². The number of rotatable bonds is 6. The first-order valence-corrected chi connectivity index (χ1v) is 6.64. The molecule has 0 bridgehead atoms. The number of esters is 2. The van der Waals surface area contributed by atoms with E-state index in [1.807, 2.05) is 0 Å². The number of carbonyl (C=O) groups excluding carboxylic acids is 3. The minimum absolute atomic E-state index is 0.0402. The van der Waals surface area contributed by atoms with E-state index in [-0.39, 0.29) is 24.8 Å². The van der Waals surface area contributed by atoms with Crippen molar-refractivity contribution in [3.63, 3.8) is 0 Å². The third-order valence-corrected chi connectivity index (χ3v) is 2.52. The van der Waals surface area contributed by atoms with Crippen LogP contribution in [-0.4, -0.2) is 67.7 Å². The first-order chi connectivity index (χ1) is 9.65. The molecule has 0 rings (SSSR count). The molecular weight excluding hydrogens is 276 g/mol. The second kappa shape index (κ2) is 8.99. The lowest BCUT2D eigenvalue weighted by Gasteiger charge is -2.27. The number of hydrogen-bond acceptors (Lipinski definition) is 5. The van der Waals surface area contributed by atoms with Crippen molar-refractivity contribution in [3.8, 4) is 0 Å². The molecule has 0 fully saturated rings. The summed E-state index contributed by atoms with van der Waals surface area (Å²) in [6.45, 7) is 5.22. The average Bonchev–Trinajstić information content (AvgIpc) is 2.39. The zero-order chi connectivity index (χ0) is 16.6. The van der Waals surface area contributed by atoms with Crippen LogP contribution in [0.5, 0.6) is 0 Å². The van der Waals surface area contributed by atoms with Crippen molar-refractivity contribution in [2.75, 3.05) is 27.7 Å². The van der Waals surface area contributed by atoms with Gasteiger partial charge in [0.05, 0.1) is 12.1 Å². The molecule has 0 N–H and O–H groups in total. The summed E-state index contributed by atoms with van der Waals surface area (Å²) in [6.07, 6.45) is 1.77. The van der Waals surface area contributed by atoms with E-state index in [1.165, 1.54) is 9.80 Å². The maximum Gasteiger partial charge on any atom is 0.331 e. The van der Waals surface area contributed by atoms with E-state index in [9.17, 15) is 14.4 Å². The molecule has 21 heavy (non-hydrogen) atoms. The van der Waals surface area contributed by atoms with Gasteiger partial charge in [0.25, 0.3) is 0 Å². The summed E-state index contributed by atoms with van der Waals surface area (Å²) in [4.78, 5) is 37.2. The second-order valence-electron chi connectivity index (χ2n) is 5.09. The lowest BCUT2D eigenvalue weighted by atomic mass is 10.3. The maximum atomic E-state index is 11.7. The summed E-state index contributed by atoms with van der Waals surface area (Å²) in [7, 11) is 4.90. The average molecular weight is 300 g/mol. The standard InChI is InChI=1S/C14H24N2O5/c1-10(2)21-13(18)8-7-12(17)20-9-11(3)16(6)14(19)15(4)5/h7-8,10-11H,9H2,1-6H3/b8-7+/t11-/m1/s1. The van der Waals surface area contributed by atoms with Crippen LogP contribution in [0.25, 0.3) is 0 Å². The topological polar surface area (TPSA) is 76.2 Å². The Morgan fingerprint density at radius 2 is 1.52 bits per heavy atom. The highest BCUT2D eigenvalue weighted by molar-refractivity contribution is 5.91. The molecule has 0 saturated heterocycles. The van der Waals surface area contributed by atoms with Gasteiger partial charge in [0.1, 0.15) is 6.61 Å². The van der Waals surface area contributed by atoms with E-state index in [2.05, 4.69) is 0 Å². The van der Waals surface area contributed by atoms with Gasteiger partial charge in [-0.15, -0.1) is 0 Å². The van der Waals surface area contributed by atoms with Crippen molar-refractivity contribution >= 4 is 18.0 Å². The molecule has 7 heteroatoms. The van der Waals surface area contributed by atoms with Gasteiger partial charge in [0.15, 0.2) is 0 Å². The van der Waals surface area contributed by atoms with Gasteiger partial charge in [-0.1, -0.05) is 0 Å². The van der Waals surface area contributed by atoms with Gasteiger partial charge in [-0.3, -0.25) is 0 Å². The van der Waals surface area contributed by atoms with Crippen molar-refractivity contribution in [1.29, 1.82) is 0 Å². The van der Waals surface area contributed by atoms with E-state index in [4.69, 9.17) is 9.47 Å². The van der Waals surface area contributed by atoms with Gasteiger partial charge in [-0.05, 0) is 20.8 Å². The van der Waals surface area contributed by atoms with Crippen LogP contribution in [0.15, 0.2) is 12.2 Å². The molecule has 120 valence electrons. The molecule has 0 radical (unpaired) electrons. The van der Waals surface area contributed by atoms with Crippen molar-refractivity contribution in [2.24, 2.45) is 0 Å². The summed E-state index contributed by atoms with van der Waals surface area (Å²) in [5.74, 6) is -1.26. The SMILES string of the molecule is CC(C)OC(=O)/C=C/C(=O)OC[C@@H](C)N(C)C(=O)N(C)C. The Balaban J connectivity index is 4.22. The third kappa shape index (κ3) is 7.96. The molecule has 0 aliphatic heterocycles. The van der Waals surface area contributed by atoms with Gasteiger partial charge in [-0.25, -0.2) is 14.4 Å². The molecule has 0 aromatic heterocycles. The zero-order valence-electron chi connectivity index (χ0n) is 13.5. The van der Waals surface area contributed by atoms with Crippen molar-refractivity contribution < 1.29 is 23.9 Å². The van der Waals surface area contributed by atoms with Crippen LogP contribution < -0.4 is 0 Å². The van der Waals surface area contributed by atoms with E-state index in [1.54, 1.807) is 41.9 Å². The quantitative estimate of drug-likeness (QED) is 0.541. The molecule has 7 nitrogen and oxygen atoms in total. The van der Waals surface area contributed by atoms with Crippen LogP contribution in [0.3, 0.4) is 0 Å². The van der Waals surface area contributed by atoms with Crippen LogP contribution in [0.1, 0.15) is 20.8 Å². The molecule has 0 spiro atoms. The molecule has 0 aromatic rings. The second-order valence-corrected chi connectivity index (χ2v) is 5.09. The van der Waals surface area contributed by atoms with Crippen LogP contribution in [0, 0.1) is 0 Å². The Hall–Kier alpha value is -2.05. The minimum Gasteiger partial charge on any atom is -0.460 e. The molecule has 2 amide bonds. The van der Waals surface area contributed by atoms with Gasteiger partial charge >= 0.3 is 18.0 Å². The summed E-state index contributed by atoms with van der Waals surface area (Å²) in [6, 6.07) is -0.463. The van der Waals surface area contributed by atoms with Crippen LogP contribution in [0.4, 0.5) is 4.79 Å². The Morgan fingerprint density at radius 1 is 1.00 bits per heavy atom. The Labute approximate surface area is 125 Å². The number of carbonyl (C=O) groups is 3. The smallest absolute Gasteiger partial charge is 0.331 e. The summed E-state index contributed by atoms with van der Waals surface area (Å²) < 4.78 is 9.79. The number of likely N-dealkylation sites (N-methyl/N-ethyl adjacent to an activating group) is 1. The normalized spacial score (nSPS) is 12.1. The maximum absolute atomic E-state index is 11.7. The number of urea groups is 1. The van der Waals surface area contributed by atoms with E-state index in [0.29, 0.717) is 0 Å². The van der Waals surface area contributed by atoms with Gasteiger partial charge in [0, 0.05) is 33.3 Å². The number of ether oxygens (including phenoxy) is 2. The molecule has 0 saturated carbocycles. The Bertz CT molecular complexity index is 404. The highest BCUT2D eigenvalue weighted by atomic mass is 16.5. The van der Waals surface area contributed by atoms with E-state index in [0.717, 1.165) is 12.2 Å². The van der Waals surface area contributed by atoms with Crippen LogP contribution in [-0.2, 0) is 19.1 Å². The first kappa shape index (κ1) is 18.9. The van der Waals surface area contributed by atoms with Crippen LogP contribution >= 0.6 is 0 Å². The monoisotopic (exact) mass is 300 g/mol. The van der Waals surface area contributed by atoms with E-state index < -0.39 is 11.9 Å². The highest BCUT2D eigenvalue weighted by Gasteiger charge is 2.18. The fourth-order valence-electron chi connectivity index (χ4n) is 1.27. The van der Waals surface area contributed by atoms with Crippen LogP contribution in [0.2, 0.25) is 0 Å². The van der Waals surface area contributed by atoms with E-state index >= 15 is 0 Å². The zero-order valence-corrected chi connectivity index (χ0v) is 13.5.